The molecule has 3 N–H and O–H groups in total. The van der Waals surface area contributed by atoms with Crippen molar-refractivity contribution in [1.29, 1.82) is 0 Å². The van der Waals surface area contributed by atoms with Crippen molar-refractivity contribution in [1.82, 2.24) is 15.2 Å². The fourth-order valence-corrected chi connectivity index (χ4v) is 6.00. The van der Waals surface area contributed by atoms with E-state index in [1.165, 1.54) is 17.5 Å². The molecule has 6 rings (SSSR count). The van der Waals surface area contributed by atoms with Gasteiger partial charge in [0.05, 0.1) is 22.9 Å². The van der Waals surface area contributed by atoms with Crippen molar-refractivity contribution in [3.05, 3.63) is 119 Å². The summed E-state index contributed by atoms with van der Waals surface area (Å²) in [6, 6.07) is 26.6. The van der Waals surface area contributed by atoms with E-state index >= 15 is 0 Å². The van der Waals surface area contributed by atoms with Gasteiger partial charge in [0, 0.05) is 46.9 Å². The molecule has 8 nitrogen and oxygen atoms in total. The fourth-order valence-electron chi connectivity index (χ4n) is 5.06. The number of thiophene rings is 1. The molecule has 3 aromatic carbocycles. The van der Waals surface area contributed by atoms with Gasteiger partial charge in [-0.1, -0.05) is 66.7 Å². The summed E-state index contributed by atoms with van der Waals surface area (Å²) >= 11 is 1.50. The Labute approximate surface area is 247 Å². The molecule has 0 radical (unpaired) electrons. The fraction of sp³-hybridized carbons (Fsp3) is 0.152. The number of benzene rings is 3. The van der Waals surface area contributed by atoms with Gasteiger partial charge in [-0.25, -0.2) is 4.98 Å². The number of rotatable bonds is 8. The molecular formula is C33H29N5O3S. The minimum Gasteiger partial charge on any atom is -0.347 e. The van der Waals surface area contributed by atoms with Gasteiger partial charge in [0.1, 0.15) is 0 Å². The summed E-state index contributed by atoms with van der Waals surface area (Å²) in [7, 11) is 0. The lowest BCUT2D eigenvalue weighted by Gasteiger charge is -2.18. The molecule has 1 atom stereocenters. The number of para-hydroxylation sites is 1. The van der Waals surface area contributed by atoms with Gasteiger partial charge in [-0.05, 0) is 36.2 Å². The van der Waals surface area contributed by atoms with Crippen LogP contribution >= 0.6 is 11.3 Å². The Morgan fingerprint density at radius 2 is 1.71 bits per heavy atom. The largest absolute Gasteiger partial charge is 0.347 e. The zero-order chi connectivity index (χ0) is 29.1. The highest BCUT2D eigenvalue weighted by atomic mass is 32.1. The minimum atomic E-state index is -0.360. The van der Waals surface area contributed by atoms with Gasteiger partial charge in [0.15, 0.2) is 5.82 Å². The van der Waals surface area contributed by atoms with Crippen molar-refractivity contribution in [2.45, 2.75) is 25.9 Å². The molecule has 1 fully saturated rings. The summed E-state index contributed by atoms with van der Waals surface area (Å²) in [5.41, 5.74) is 4.09. The van der Waals surface area contributed by atoms with Gasteiger partial charge in [0.25, 0.3) is 11.8 Å². The Balaban J connectivity index is 1.23. The van der Waals surface area contributed by atoms with Gasteiger partial charge < -0.3 is 20.9 Å². The normalized spacial score (nSPS) is 14.6. The second-order valence-electron chi connectivity index (χ2n) is 10.3. The van der Waals surface area contributed by atoms with Crippen LogP contribution in [0.1, 0.15) is 38.3 Å². The van der Waals surface area contributed by atoms with Crippen molar-refractivity contribution < 1.29 is 14.4 Å². The third-order valence-electron chi connectivity index (χ3n) is 7.29. The van der Waals surface area contributed by atoms with Crippen molar-refractivity contribution in [2.75, 3.05) is 17.2 Å². The monoisotopic (exact) mass is 575 g/mol. The number of hydrogen-bond donors (Lipinski definition) is 3. The van der Waals surface area contributed by atoms with Crippen molar-refractivity contribution in [3.8, 4) is 0 Å². The standard InChI is InChI=1S/C33H29N5O3S/c1-21-9-5-7-13-27(21)36-31-28(37-33(41)26-20-42-29-14-8-6-12-25(26)29)15-23(17-34-31)32(40)35-24-16-30(39)38(19-24)18-22-10-3-2-4-11-22/h2-15,17,20,24H,16,18-19H2,1H3,(H,34,36)(H,35,40)(H,37,41). The molecule has 0 bridgehead atoms. The first-order valence-corrected chi connectivity index (χ1v) is 14.6. The number of fused-ring (bicyclic) bond motifs is 1. The Morgan fingerprint density at radius 1 is 0.952 bits per heavy atom. The SMILES string of the molecule is Cc1ccccc1Nc1ncc(C(=O)NC2CC(=O)N(Cc3ccccc3)C2)cc1NC(=O)c1csc2ccccc12. The average molecular weight is 576 g/mol. The quantitative estimate of drug-likeness (QED) is 0.207. The van der Waals surface area contributed by atoms with E-state index in [1.807, 2.05) is 91.2 Å². The zero-order valence-corrected chi connectivity index (χ0v) is 23.8. The van der Waals surface area contributed by atoms with E-state index in [0.717, 1.165) is 26.9 Å². The summed E-state index contributed by atoms with van der Waals surface area (Å²) < 4.78 is 1.01. The molecule has 1 saturated heterocycles. The Morgan fingerprint density at radius 3 is 2.55 bits per heavy atom. The third kappa shape index (κ3) is 5.87. The highest BCUT2D eigenvalue weighted by Gasteiger charge is 2.31. The number of anilines is 3. The van der Waals surface area contributed by atoms with E-state index in [0.29, 0.717) is 30.2 Å². The molecule has 0 aliphatic carbocycles. The average Bonchev–Trinajstić information content (AvgIpc) is 3.58. The van der Waals surface area contributed by atoms with Crippen LogP contribution in [0.15, 0.2) is 96.5 Å². The molecule has 9 heteroatoms. The first-order valence-electron chi connectivity index (χ1n) is 13.7. The number of pyridine rings is 1. The van der Waals surface area contributed by atoms with Crippen LogP contribution in [0.2, 0.25) is 0 Å². The summed E-state index contributed by atoms with van der Waals surface area (Å²) in [6.45, 7) is 2.90. The second kappa shape index (κ2) is 11.8. The van der Waals surface area contributed by atoms with E-state index < -0.39 is 0 Å². The van der Waals surface area contributed by atoms with Gasteiger partial charge >= 0.3 is 0 Å². The van der Waals surface area contributed by atoms with Crippen LogP contribution in [0.4, 0.5) is 17.2 Å². The van der Waals surface area contributed by atoms with E-state index in [4.69, 9.17) is 0 Å². The predicted octanol–water partition coefficient (Wildman–Crippen LogP) is 6.13. The summed E-state index contributed by atoms with van der Waals surface area (Å²) in [5.74, 6) is -0.242. The predicted molar refractivity (Wildman–Crippen MR) is 166 cm³/mol. The molecule has 1 aliphatic rings. The van der Waals surface area contributed by atoms with E-state index in [2.05, 4.69) is 20.9 Å². The number of aromatic nitrogens is 1. The van der Waals surface area contributed by atoms with Crippen LogP contribution in [-0.2, 0) is 11.3 Å². The number of hydrogen-bond acceptors (Lipinski definition) is 6. The third-order valence-corrected chi connectivity index (χ3v) is 8.25. The summed E-state index contributed by atoms with van der Waals surface area (Å²) in [5, 5.41) is 11.9. The van der Waals surface area contributed by atoms with Crippen molar-refractivity contribution in [2.24, 2.45) is 0 Å². The highest BCUT2D eigenvalue weighted by molar-refractivity contribution is 7.17. The zero-order valence-electron chi connectivity index (χ0n) is 23.0. The smallest absolute Gasteiger partial charge is 0.257 e. The topological polar surface area (TPSA) is 103 Å². The first kappa shape index (κ1) is 27.2. The molecule has 3 amide bonds. The van der Waals surface area contributed by atoms with Crippen molar-refractivity contribution in [3.63, 3.8) is 0 Å². The maximum atomic E-state index is 13.4. The maximum absolute atomic E-state index is 13.4. The lowest BCUT2D eigenvalue weighted by Crippen LogP contribution is -2.37. The van der Waals surface area contributed by atoms with Crippen molar-refractivity contribution >= 4 is 56.3 Å². The van der Waals surface area contributed by atoms with Gasteiger partial charge in [-0.2, -0.15) is 0 Å². The number of carbonyl (C=O) groups is 3. The van der Waals surface area contributed by atoms with Crippen LogP contribution in [0.5, 0.6) is 0 Å². The van der Waals surface area contributed by atoms with Gasteiger partial charge in [-0.15, -0.1) is 11.3 Å². The molecule has 2 aromatic heterocycles. The number of amides is 3. The Hall–Kier alpha value is -5.02. The molecule has 1 unspecified atom stereocenters. The maximum Gasteiger partial charge on any atom is 0.257 e. The molecular weight excluding hydrogens is 546 g/mol. The molecule has 3 heterocycles. The van der Waals surface area contributed by atoms with Crippen LogP contribution in [0.25, 0.3) is 10.1 Å². The molecule has 1 aliphatic heterocycles. The van der Waals surface area contributed by atoms with Crippen LogP contribution < -0.4 is 16.0 Å². The molecule has 210 valence electrons. The van der Waals surface area contributed by atoms with E-state index in [9.17, 15) is 14.4 Å². The second-order valence-corrected chi connectivity index (χ2v) is 11.2. The molecule has 0 spiro atoms. The van der Waals surface area contributed by atoms with Gasteiger partial charge in [0.2, 0.25) is 5.91 Å². The lowest BCUT2D eigenvalue weighted by molar-refractivity contribution is -0.128. The van der Waals surface area contributed by atoms with E-state index in [-0.39, 0.29) is 35.7 Å². The van der Waals surface area contributed by atoms with Crippen LogP contribution in [0, 0.1) is 6.92 Å². The molecule has 5 aromatic rings. The summed E-state index contributed by atoms with van der Waals surface area (Å²) in [4.78, 5) is 45.7. The number of carbonyl (C=O) groups excluding carboxylic acids is 3. The number of nitrogens with zero attached hydrogens (tertiary/aromatic N) is 2. The van der Waals surface area contributed by atoms with Crippen LogP contribution in [0.3, 0.4) is 0 Å². The number of nitrogens with one attached hydrogen (secondary N) is 3. The Kier molecular flexibility index (Phi) is 7.66. The molecule has 0 saturated carbocycles. The first-order chi connectivity index (χ1) is 20.4. The Bertz CT molecular complexity index is 1790. The minimum absolute atomic E-state index is 0.00370. The molecule has 42 heavy (non-hydrogen) atoms. The van der Waals surface area contributed by atoms with Gasteiger partial charge in [-0.3, -0.25) is 14.4 Å². The highest BCUT2D eigenvalue weighted by Crippen LogP contribution is 2.30. The number of likely N-dealkylation sites (tertiary alicyclic amines) is 1. The van der Waals surface area contributed by atoms with E-state index in [1.54, 1.807) is 11.0 Å². The lowest BCUT2D eigenvalue weighted by atomic mass is 10.1. The van der Waals surface area contributed by atoms with Crippen LogP contribution in [-0.4, -0.2) is 40.2 Å². The summed E-state index contributed by atoms with van der Waals surface area (Å²) in [6.07, 6.45) is 1.71. The number of aryl methyl sites for hydroxylation is 1.